The zero-order valence-electron chi connectivity index (χ0n) is 24.8. The van der Waals surface area contributed by atoms with Gasteiger partial charge in [-0.2, -0.15) is 0 Å². The first-order valence-electron chi connectivity index (χ1n) is 15.0. The maximum absolute atomic E-state index is 4.74. The Kier molecular flexibility index (Phi) is 13.8. The van der Waals surface area contributed by atoms with Crippen LogP contribution in [0.5, 0.6) is 0 Å². The minimum absolute atomic E-state index is 0.588. The summed E-state index contributed by atoms with van der Waals surface area (Å²) in [5.41, 5.74) is 4.87. The van der Waals surface area contributed by atoms with Gasteiger partial charge in [0, 0.05) is 0 Å². The molecule has 1 aliphatic heterocycles. The molecule has 0 unspecified atom stereocenters. The summed E-state index contributed by atoms with van der Waals surface area (Å²) in [4.78, 5) is 18.9. The van der Waals surface area contributed by atoms with Crippen LogP contribution in [0.25, 0.3) is 0 Å². The van der Waals surface area contributed by atoms with Gasteiger partial charge in [-0.3, -0.25) is 0 Å². The molecule has 224 valence electrons. The molecule has 1 heterocycles. The molecule has 0 radical (unpaired) electrons. The molecule has 0 saturated heterocycles. The van der Waals surface area contributed by atoms with Crippen molar-refractivity contribution in [3.8, 4) is 0 Å². The molecule has 2 N–H and O–H groups in total. The molecule has 8 heteroatoms. The van der Waals surface area contributed by atoms with Crippen molar-refractivity contribution in [2.45, 2.75) is 0 Å². The second kappa shape index (κ2) is 18.8. The van der Waals surface area contributed by atoms with Gasteiger partial charge < -0.3 is 0 Å². The van der Waals surface area contributed by atoms with E-state index in [4.69, 9.17) is 20.0 Å². The fraction of sp³-hybridized carbons (Fsp3) is 0.222. The average molecular weight is 810 g/mol. The number of nitrogens with one attached hydrogen (secondary N) is 2. The van der Waals surface area contributed by atoms with E-state index in [1.807, 2.05) is 24.9 Å². The third-order valence-electron chi connectivity index (χ3n) is 6.71. The first-order valence-corrected chi connectivity index (χ1v) is 19.7. The van der Waals surface area contributed by atoms with Crippen LogP contribution in [0, 0.1) is 0 Å². The Morgan fingerprint density at radius 3 is 0.886 bits per heavy atom. The molecule has 0 aromatic heterocycles. The molecule has 4 aromatic carbocycles. The fourth-order valence-electron chi connectivity index (χ4n) is 4.43. The van der Waals surface area contributed by atoms with Crippen LogP contribution < -0.4 is 25.1 Å². The molecule has 0 fully saturated rings. The number of hydrogen-bond acceptors (Lipinski definition) is 6. The van der Waals surface area contributed by atoms with E-state index in [2.05, 4.69) is 108 Å². The van der Waals surface area contributed by atoms with Crippen molar-refractivity contribution in [1.29, 1.82) is 0 Å². The summed E-state index contributed by atoms with van der Waals surface area (Å²) in [7, 11) is 0. The molecule has 0 bridgehead atoms. The molecule has 44 heavy (non-hydrogen) atoms. The number of benzene rings is 4. The van der Waals surface area contributed by atoms with Crippen molar-refractivity contribution < 1.29 is 0 Å². The van der Waals surface area contributed by atoms with Crippen LogP contribution in [0.3, 0.4) is 0 Å². The Morgan fingerprint density at radius 1 is 0.364 bits per heavy atom. The third-order valence-corrected chi connectivity index (χ3v) is 13.5. The van der Waals surface area contributed by atoms with Gasteiger partial charge in [0.25, 0.3) is 0 Å². The van der Waals surface area contributed by atoms with Gasteiger partial charge in [-0.25, -0.2) is 0 Å². The predicted octanol–water partition coefficient (Wildman–Crippen LogP) is 1.57. The molecular weight excluding hydrogens is 772 g/mol. The quantitative estimate of drug-likeness (QED) is 0.265. The normalized spacial score (nSPS) is 15.6. The number of nitrogens with zero attached hydrogens (tertiary/aromatic N) is 4. The zero-order valence-corrected chi connectivity index (χ0v) is 29.5. The van der Waals surface area contributed by atoms with Gasteiger partial charge in [0.2, 0.25) is 0 Å². The molecule has 0 atom stereocenters. The third kappa shape index (κ3) is 10.6. The molecule has 0 aliphatic carbocycles. The molecule has 0 spiro atoms. The van der Waals surface area contributed by atoms with Crippen LogP contribution >= 0.6 is 0 Å². The molecule has 0 saturated carbocycles. The molecule has 4 aromatic rings. The van der Waals surface area contributed by atoms with E-state index >= 15 is 0 Å². The average Bonchev–Trinajstić information content (AvgIpc) is 3.05. The van der Waals surface area contributed by atoms with E-state index in [1.54, 1.807) is 0 Å². The van der Waals surface area contributed by atoms with Crippen LogP contribution in [0.15, 0.2) is 117 Å². The van der Waals surface area contributed by atoms with Gasteiger partial charge >= 0.3 is 283 Å². The summed E-state index contributed by atoms with van der Waals surface area (Å²) >= 11 is -1.18. The van der Waals surface area contributed by atoms with E-state index in [9.17, 15) is 0 Å². The summed E-state index contributed by atoms with van der Waals surface area (Å²) in [5.74, 6) is 0. The summed E-state index contributed by atoms with van der Waals surface area (Å²) in [6.45, 7) is 6.31. The van der Waals surface area contributed by atoms with E-state index < -0.39 is 41.8 Å². The van der Waals surface area contributed by atoms with Gasteiger partial charge in [0.15, 0.2) is 0 Å². The van der Waals surface area contributed by atoms with Gasteiger partial charge in [-0.15, -0.1) is 0 Å². The van der Waals surface area contributed by atoms with Crippen LogP contribution in [0.4, 0.5) is 0 Å². The summed E-state index contributed by atoms with van der Waals surface area (Å²) < 4.78 is 5.58. The van der Waals surface area contributed by atoms with Crippen molar-refractivity contribution in [2.75, 3.05) is 52.4 Å². The number of fused-ring (bicyclic) bond motifs is 4. The van der Waals surface area contributed by atoms with Crippen molar-refractivity contribution >= 4 is 81.2 Å². The minimum atomic E-state index is -0.588. The number of rotatable bonds is 0. The molecule has 1 aliphatic rings. The Hall–Kier alpha value is -2.94. The summed E-state index contributed by atoms with van der Waals surface area (Å²) in [6.07, 6.45) is 8.17. The number of aliphatic imine (C=N–C) groups is 4. The number of hydrogen-bond donors (Lipinski definition) is 2. The molecule has 0 amide bonds. The van der Waals surface area contributed by atoms with Gasteiger partial charge in [-0.05, 0) is 0 Å². The van der Waals surface area contributed by atoms with E-state index in [0.717, 1.165) is 52.4 Å². The summed E-state index contributed by atoms with van der Waals surface area (Å²) in [5, 5.41) is 6.97. The topological polar surface area (TPSA) is 73.5 Å². The van der Waals surface area contributed by atoms with E-state index in [1.165, 1.54) is 36.7 Å². The van der Waals surface area contributed by atoms with Crippen LogP contribution in [-0.4, -0.2) is 119 Å². The molecule has 5 rings (SSSR count). The van der Waals surface area contributed by atoms with Crippen molar-refractivity contribution in [2.24, 2.45) is 20.0 Å². The Morgan fingerprint density at radius 2 is 0.614 bits per heavy atom. The van der Waals surface area contributed by atoms with E-state index in [0.29, 0.717) is 0 Å². The van der Waals surface area contributed by atoms with Gasteiger partial charge in [0.1, 0.15) is 0 Å². The fourth-order valence-corrected chi connectivity index (χ4v) is 10.2. The van der Waals surface area contributed by atoms with Crippen LogP contribution in [0.1, 0.15) is 22.3 Å². The second-order valence-corrected chi connectivity index (χ2v) is 16.2. The van der Waals surface area contributed by atoms with Crippen molar-refractivity contribution in [3.63, 3.8) is 0 Å². The Balaban J connectivity index is 1.28. The molecule has 6 nitrogen and oxygen atoms in total. The van der Waals surface area contributed by atoms with Crippen molar-refractivity contribution in [1.82, 2.24) is 10.6 Å². The Labute approximate surface area is 281 Å². The van der Waals surface area contributed by atoms with Gasteiger partial charge in [-0.1, -0.05) is 0 Å². The predicted molar refractivity (Wildman–Crippen MR) is 191 cm³/mol. The monoisotopic (exact) mass is 814 g/mol. The standard InChI is InChI=1S/C36H38N6Te2/c1-5-13-33-29(9-1)25-39-21-17-37-18-22-41-27-31-11-3-7-15-35(31)44-36-16-8-4-12-32(36)28-42-24-20-38-19-23-40-26-30-10-2-6-14-34(30)43-33/h1-16,25-28,37-38H,17-24H2. The maximum atomic E-state index is 4.74. The SMILES string of the molecule is C1=NCCNCCN=Cc2ccccc2[Te]c2ccccc2C=NCCNCCN=Cc2ccccc2[Te]c2ccccc21. The first kappa shape index (κ1) is 32.5. The Bertz CT molecular complexity index is 1360. The van der Waals surface area contributed by atoms with Crippen molar-refractivity contribution in [3.05, 3.63) is 119 Å². The van der Waals surface area contributed by atoms with Crippen LogP contribution in [-0.2, 0) is 0 Å². The zero-order chi connectivity index (χ0) is 30.1. The van der Waals surface area contributed by atoms with Crippen LogP contribution in [0.2, 0.25) is 0 Å². The molecular formula is C36H38N6Te2. The second-order valence-electron chi connectivity index (χ2n) is 10.00. The van der Waals surface area contributed by atoms with Gasteiger partial charge in [0.05, 0.1) is 0 Å². The first-order chi connectivity index (χ1) is 21.9. The van der Waals surface area contributed by atoms with E-state index in [-0.39, 0.29) is 0 Å². The summed E-state index contributed by atoms with van der Waals surface area (Å²) in [6, 6.07) is 34.6.